The van der Waals surface area contributed by atoms with E-state index in [4.69, 9.17) is 14.2 Å². The summed E-state index contributed by atoms with van der Waals surface area (Å²) < 4.78 is 17.1. The molecule has 0 fully saturated rings. The van der Waals surface area contributed by atoms with Crippen molar-refractivity contribution in [1.82, 2.24) is 5.32 Å². The Hall–Kier alpha value is -4.00. The topological polar surface area (TPSA) is 85.9 Å². The minimum absolute atomic E-state index is 0.0856. The Labute approximate surface area is 224 Å². The molecule has 0 saturated heterocycles. The number of methoxy groups -OCH3 is 3. The van der Waals surface area contributed by atoms with Crippen LogP contribution in [0.3, 0.4) is 0 Å². The molecule has 1 amide bonds. The molecule has 0 unspecified atom stereocenters. The Morgan fingerprint density at radius 2 is 1.74 bits per heavy atom. The molecule has 0 aliphatic heterocycles. The van der Waals surface area contributed by atoms with E-state index in [2.05, 4.69) is 29.7 Å². The van der Waals surface area contributed by atoms with Crippen LogP contribution in [0.4, 0.5) is 5.69 Å². The normalized spacial score (nSPS) is 14.8. The molecule has 0 bridgehead atoms. The molecule has 1 aliphatic rings. The van der Waals surface area contributed by atoms with E-state index >= 15 is 0 Å². The van der Waals surface area contributed by atoms with Crippen LogP contribution in [0.15, 0.2) is 59.4 Å². The summed E-state index contributed by atoms with van der Waals surface area (Å²) in [5, 5.41) is 6.46. The summed E-state index contributed by atoms with van der Waals surface area (Å²) >= 11 is 0. The van der Waals surface area contributed by atoms with Crippen LogP contribution in [0, 0.1) is 0 Å². The Bertz CT molecular complexity index is 1360. The predicted molar refractivity (Wildman–Crippen MR) is 151 cm³/mol. The molecule has 3 aromatic carbocycles. The smallest absolute Gasteiger partial charge is 0.217 e. The van der Waals surface area contributed by atoms with Crippen molar-refractivity contribution < 1.29 is 19.0 Å². The highest BCUT2D eigenvalue weighted by atomic mass is 16.5. The van der Waals surface area contributed by atoms with E-state index in [9.17, 15) is 9.59 Å². The minimum atomic E-state index is -0.333. The number of hydrogen-bond acceptors (Lipinski definition) is 6. The van der Waals surface area contributed by atoms with Gasteiger partial charge in [0.2, 0.25) is 17.1 Å². The van der Waals surface area contributed by atoms with Gasteiger partial charge in [0.1, 0.15) is 0 Å². The summed E-state index contributed by atoms with van der Waals surface area (Å²) in [6.07, 6.45) is 3.07. The van der Waals surface area contributed by atoms with Crippen LogP contribution in [0.25, 0.3) is 11.1 Å². The van der Waals surface area contributed by atoms with Gasteiger partial charge in [0, 0.05) is 18.5 Å². The zero-order chi connectivity index (χ0) is 27.2. The zero-order valence-electron chi connectivity index (χ0n) is 22.7. The van der Waals surface area contributed by atoms with Gasteiger partial charge in [-0.2, -0.15) is 0 Å². The molecule has 1 aliphatic carbocycles. The predicted octanol–water partition coefficient (Wildman–Crippen LogP) is 5.30. The van der Waals surface area contributed by atoms with E-state index < -0.39 is 0 Å². The SMILES string of the molecule is COc1cc2c(c(OC)c1OC)-c1ccc(N[C@H](C)CCc3ccccc3)c(=O)cc1[C@@H](NC(C)=O)CC2. The number of ether oxygens (including phenoxy) is 3. The van der Waals surface area contributed by atoms with Crippen molar-refractivity contribution in [3.8, 4) is 28.4 Å². The fourth-order valence-electron chi connectivity index (χ4n) is 5.19. The summed E-state index contributed by atoms with van der Waals surface area (Å²) in [5.74, 6) is 1.44. The van der Waals surface area contributed by atoms with E-state index in [1.165, 1.54) is 12.5 Å². The molecule has 0 saturated carbocycles. The van der Waals surface area contributed by atoms with Gasteiger partial charge in [-0.3, -0.25) is 9.59 Å². The second-order valence-corrected chi connectivity index (χ2v) is 9.67. The van der Waals surface area contributed by atoms with Gasteiger partial charge in [0.25, 0.3) is 0 Å². The van der Waals surface area contributed by atoms with Gasteiger partial charge in [-0.05, 0) is 73.1 Å². The highest BCUT2D eigenvalue weighted by Crippen LogP contribution is 2.50. The third-order valence-corrected chi connectivity index (χ3v) is 7.03. The first-order chi connectivity index (χ1) is 18.4. The van der Waals surface area contributed by atoms with Gasteiger partial charge < -0.3 is 24.8 Å². The number of carbonyl (C=O) groups excluding carboxylic acids is 1. The molecule has 7 nitrogen and oxygen atoms in total. The summed E-state index contributed by atoms with van der Waals surface area (Å²) in [6, 6.07) is 17.4. The summed E-state index contributed by atoms with van der Waals surface area (Å²) in [6.45, 7) is 3.57. The lowest BCUT2D eigenvalue weighted by Crippen LogP contribution is -2.26. The van der Waals surface area contributed by atoms with Gasteiger partial charge in [0.05, 0.1) is 33.1 Å². The molecule has 4 rings (SSSR count). The number of anilines is 1. The minimum Gasteiger partial charge on any atom is -0.493 e. The Kier molecular flexibility index (Phi) is 8.56. The molecule has 2 atom stereocenters. The lowest BCUT2D eigenvalue weighted by molar-refractivity contribution is -0.119. The molecule has 2 N–H and O–H groups in total. The first-order valence-corrected chi connectivity index (χ1v) is 12.9. The van der Waals surface area contributed by atoms with Crippen molar-refractivity contribution in [2.45, 2.75) is 51.6 Å². The van der Waals surface area contributed by atoms with Crippen molar-refractivity contribution in [2.24, 2.45) is 0 Å². The van der Waals surface area contributed by atoms with Gasteiger partial charge in [-0.15, -0.1) is 0 Å². The fourth-order valence-corrected chi connectivity index (χ4v) is 5.19. The second kappa shape index (κ2) is 12.0. The summed E-state index contributed by atoms with van der Waals surface area (Å²) in [7, 11) is 4.76. The van der Waals surface area contributed by atoms with Crippen LogP contribution >= 0.6 is 0 Å². The van der Waals surface area contributed by atoms with Crippen LogP contribution in [0.5, 0.6) is 17.2 Å². The highest BCUT2D eigenvalue weighted by molar-refractivity contribution is 5.83. The molecular weight excluding hydrogens is 480 g/mol. The van der Waals surface area contributed by atoms with Crippen molar-refractivity contribution in [2.75, 3.05) is 26.6 Å². The molecule has 0 spiro atoms. The number of carbonyl (C=O) groups is 1. The van der Waals surface area contributed by atoms with Gasteiger partial charge in [-0.25, -0.2) is 0 Å². The second-order valence-electron chi connectivity index (χ2n) is 9.67. The molecule has 0 aromatic heterocycles. The Balaban J connectivity index is 1.80. The van der Waals surface area contributed by atoms with Crippen LogP contribution in [0.1, 0.15) is 49.4 Å². The van der Waals surface area contributed by atoms with Crippen molar-refractivity contribution in [1.29, 1.82) is 0 Å². The molecule has 0 heterocycles. The van der Waals surface area contributed by atoms with E-state index in [1.54, 1.807) is 27.4 Å². The molecular formula is C31H36N2O5. The largest absolute Gasteiger partial charge is 0.493 e. The van der Waals surface area contributed by atoms with E-state index in [0.717, 1.165) is 35.1 Å². The maximum Gasteiger partial charge on any atom is 0.217 e. The monoisotopic (exact) mass is 516 g/mol. The maximum atomic E-state index is 13.5. The van der Waals surface area contributed by atoms with Gasteiger partial charge in [-0.1, -0.05) is 36.4 Å². The van der Waals surface area contributed by atoms with Crippen LogP contribution in [-0.4, -0.2) is 33.3 Å². The fraction of sp³-hybridized carbons (Fsp3) is 0.355. The van der Waals surface area contributed by atoms with Crippen molar-refractivity contribution >= 4 is 11.6 Å². The Morgan fingerprint density at radius 1 is 1.00 bits per heavy atom. The third-order valence-electron chi connectivity index (χ3n) is 7.03. The number of fused-ring (bicyclic) bond motifs is 3. The maximum absolute atomic E-state index is 13.5. The van der Waals surface area contributed by atoms with Crippen molar-refractivity contribution in [3.05, 3.63) is 81.5 Å². The molecule has 38 heavy (non-hydrogen) atoms. The van der Waals surface area contributed by atoms with Crippen LogP contribution in [-0.2, 0) is 17.6 Å². The van der Waals surface area contributed by atoms with E-state index in [0.29, 0.717) is 35.8 Å². The lowest BCUT2D eigenvalue weighted by Gasteiger charge is -2.19. The highest BCUT2D eigenvalue weighted by Gasteiger charge is 2.29. The number of benzene rings is 2. The number of nitrogens with one attached hydrogen (secondary N) is 2. The number of rotatable bonds is 9. The quantitative estimate of drug-likeness (QED) is 0.402. The first-order valence-electron chi connectivity index (χ1n) is 12.9. The van der Waals surface area contributed by atoms with Gasteiger partial charge in [0.15, 0.2) is 11.5 Å². The average molecular weight is 517 g/mol. The molecule has 0 radical (unpaired) electrons. The van der Waals surface area contributed by atoms with Crippen LogP contribution < -0.4 is 30.3 Å². The zero-order valence-corrected chi connectivity index (χ0v) is 22.7. The third kappa shape index (κ3) is 5.77. The molecule has 7 heteroatoms. The Morgan fingerprint density at radius 3 is 2.39 bits per heavy atom. The van der Waals surface area contributed by atoms with E-state index in [-0.39, 0.29) is 23.4 Å². The number of amides is 1. The molecule has 200 valence electrons. The standard InChI is InChI=1S/C31H36N2O5/c1-19(11-12-21-9-7-6-8-10-21)32-26-16-14-23-24(18-27(26)35)25(33-20(2)34)15-13-22-17-28(36-3)30(37-4)31(38-5)29(22)23/h6-10,14,16-19,25H,11-13,15H2,1-5H3,(H,32,35)(H,33,34)/t19-,25+/m1/s1. The van der Waals surface area contributed by atoms with Gasteiger partial charge >= 0.3 is 0 Å². The van der Waals surface area contributed by atoms with E-state index in [1.807, 2.05) is 36.4 Å². The average Bonchev–Trinajstić information content (AvgIpc) is 3.15. The number of aryl methyl sites for hydroxylation is 2. The number of hydrogen-bond donors (Lipinski definition) is 2. The molecule has 3 aromatic rings. The van der Waals surface area contributed by atoms with Crippen molar-refractivity contribution in [3.63, 3.8) is 0 Å². The summed E-state index contributed by atoms with van der Waals surface area (Å²) in [4.78, 5) is 25.6. The first kappa shape index (κ1) is 27.0. The summed E-state index contributed by atoms with van der Waals surface area (Å²) in [5.41, 5.74) is 5.05. The van der Waals surface area contributed by atoms with Crippen LogP contribution in [0.2, 0.25) is 0 Å². The lowest BCUT2D eigenvalue weighted by atomic mass is 9.95.